The van der Waals surface area contributed by atoms with Crippen LogP contribution in [0, 0.1) is 24.0 Å². The Bertz CT molecular complexity index is 2160. The van der Waals surface area contributed by atoms with Crippen LogP contribution in [0.1, 0.15) is 11.1 Å². The van der Waals surface area contributed by atoms with Gasteiger partial charge in [-0.3, -0.25) is 10.1 Å². The van der Waals surface area contributed by atoms with Crippen LogP contribution < -0.4 is 0 Å². The van der Waals surface area contributed by atoms with Crippen molar-refractivity contribution < 1.29 is 38.6 Å². The number of alkyl halides is 1. The second-order valence-electron chi connectivity index (χ2n) is 9.76. The molecule has 0 heterocycles. The largest absolute Gasteiger partial charge is 0.269 e. The number of aryl methyl sites for hydroxylation is 2. The van der Waals surface area contributed by atoms with Gasteiger partial charge in [-0.25, -0.2) is 33.7 Å². The molecule has 0 saturated heterocycles. The molecule has 3 aromatic carbocycles. The summed E-state index contributed by atoms with van der Waals surface area (Å²) in [7, 11) is -19.5. The Morgan fingerprint density at radius 3 is 1.70 bits per heavy atom. The molecule has 4 rings (SSSR count). The van der Waals surface area contributed by atoms with Crippen molar-refractivity contribution in [2.24, 2.45) is 0 Å². The maximum Gasteiger partial charge on any atom is 0.269 e. The van der Waals surface area contributed by atoms with Crippen molar-refractivity contribution in [2.75, 3.05) is 6.26 Å². The SMILES string of the molecule is Cc1ccccc1S(=O)(=O)C1=C(S(=O)(=O)c2ccc([N+](=O)[O-])cc2)C=CC(Br)(S(=O)(=O)c2ccccc2C)C1S(C)(=O)=O. The molecule has 2 unspecified atom stereocenters. The standard InChI is InChI=1S/C27H24BrNO10S4/c1-18-8-4-6-10-22(18)42(36,37)25-24(41(34,35)21-14-12-20(13-15-21)29(30)31)16-17-27(28,26(25)40(3,32)33)43(38,39)23-11-7-5-9-19(23)2/h4-17,26H,1-3H3. The summed E-state index contributed by atoms with van der Waals surface area (Å²) in [4.78, 5) is 6.87. The van der Waals surface area contributed by atoms with Gasteiger partial charge >= 0.3 is 0 Å². The molecule has 1 aliphatic rings. The van der Waals surface area contributed by atoms with Crippen LogP contribution in [-0.2, 0) is 39.3 Å². The topological polar surface area (TPSA) is 180 Å². The number of nitro groups is 1. The van der Waals surface area contributed by atoms with Gasteiger partial charge in [-0.05, 0) is 61.4 Å². The molecule has 0 spiro atoms. The maximum absolute atomic E-state index is 14.4. The van der Waals surface area contributed by atoms with Gasteiger partial charge in [0.2, 0.25) is 19.7 Å². The van der Waals surface area contributed by atoms with Crippen LogP contribution >= 0.6 is 15.9 Å². The summed E-state index contributed by atoms with van der Waals surface area (Å²) in [6.07, 6.45) is 2.16. The van der Waals surface area contributed by atoms with E-state index in [1.807, 2.05) is 0 Å². The molecule has 11 nitrogen and oxygen atoms in total. The summed E-state index contributed by atoms with van der Waals surface area (Å²) in [6.45, 7) is 2.88. The minimum Gasteiger partial charge on any atom is -0.258 e. The number of benzene rings is 3. The third kappa shape index (κ3) is 5.50. The first-order chi connectivity index (χ1) is 19.8. The molecular formula is C27H24BrNO10S4. The maximum atomic E-state index is 14.4. The Morgan fingerprint density at radius 2 is 1.23 bits per heavy atom. The van der Waals surface area contributed by atoms with E-state index in [1.165, 1.54) is 50.2 Å². The van der Waals surface area contributed by atoms with E-state index in [1.54, 1.807) is 6.07 Å². The minimum absolute atomic E-state index is 0.144. The van der Waals surface area contributed by atoms with Crippen LogP contribution in [0.4, 0.5) is 5.69 Å². The Hall–Kier alpha value is -3.18. The predicted octanol–water partition coefficient (Wildman–Crippen LogP) is 4.22. The number of non-ortho nitro benzene ring substituents is 1. The first-order valence-corrected chi connectivity index (χ1v) is 19.4. The molecule has 43 heavy (non-hydrogen) atoms. The fraction of sp³-hybridized carbons (Fsp3) is 0.185. The Kier molecular flexibility index (Phi) is 8.43. The van der Waals surface area contributed by atoms with E-state index < -0.39 is 78.5 Å². The van der Waals surface area contributed by atoms with Crippen LogP contribution in [0.15, 0.2) is 109 Å². The predicted molar refractivity (Wildman–Crippen MR) is 163 cm³/mol. The highest BCUT2D eigenvalue weighted by Crippen LogP contribution is 2.50. The third-order valence-electron chi connectivity index (χ3n) is 6.84. The monoisotopic (exact) mass is 729 g/mol. The number of sulfone groups is 4. The fourth-order valence-electron chi connectivity index (χ4n) is 4.76. The number of nitro benzene ring substituents is 1. The summed E-state index contributed by atoms with van der Waals surface area (Å²) in [5.41, 5.74) is -0.0675. The molecular weight excluding hydrogens is 706 g/mol. The first-order valence-electron chi connectivity index (χ1n) is 12.2. The summed E-state index contributed by atoms with van der Waals surface area (Å²) < 4.78 is 110. The molecule has 0 bridgehead atoms. The van der Waals surface area contributed by atoms with E-state index in [-0.39, 0.29) is 16.0 Å². The molecule has 0 aromatic heterocycles. The third-order valence-corrected chi connectivity index (χ3v) is 17.2. The fourth-order valence-corrected chi connectivity index (χ4v) is 15.5. The van der Waals surface area contributed by atoms with Crippen molar-refractivity contribution in [3.8, 4) is 0 Å². The molecule has 2 atom stereocenters. The van der Waals surface area contributed by atoms with Crippen molar-refractivity contribution in [2.45, 2.75) is 37.4 Å². The minimum atomic E-state index is -5.04. The summed E-state index contributed by atoms with van der Waals surface area (Å²) >= 11 is 3.07. The summed E-state index contributed by atoms with van der Waals surface area (Å²) in [5, 5.41) is 8.64. The van der Waals surface area contributed by atoms with Gasteiger partial charge < -0.3 is 0 Å². The average molecular weight is 731 g/mol. The van der Waals surface area contributed by atoms with Crippen molar-refractivity contribution in [1.29, 1.82) is 0 Å². The van der Waals surface area contributed by atoms with E-state index in [9.17, 15) is 43.8 Å². The van der Waals surface area contributed by atoms with Gasteiger partial charge in [0.1, 0.15) is 5.25 Å². The average Bonchev–Trinajstić information content (AvgIpc) is 2.92. The number of rotatable bonds is 8. The first kappa shape index (κ1) is 32.7. The molecule has 3 aromatic rings. The zero-order valence-corrected chi connectivity index (χ0v) is 27.6. The molecule has 0 fully saturated rings. The van der Waals surface area contributed by atoms with Crippen molar-refractivity contribution >= 4 is 61.0 Å². The number of halogens is 1. The van der Waals surface area contributed by atoms with E-state index >= 15 is 0 Å². The van der Waals surface area contributed by atoms with Crippen molar-refractivity contribution in [3.05, 3.63) is 116 Å². The van der Waals surface area contributed by atoms with E-state index in [2.05, 4.69) is 15.9 Å². The van der Waals surface area contributed by atoms with Gasteiger partial charge in [-0.15, -0.1) is 0 Å². The number of hydrogen-bond donors (Lipinski definition) is 0. The van der Waals surface area contributed by atoms with Crippen molar-refractivity contribution in [1.82, 2.24) is 0 Å². The number of nitrogens with zero attached hydrogens (tertiary/aromatic N) is 1. The Balaban J connectivity index is 2.17. The lowest BCUT2D eigenvalue weighted by Crippen LogP contribution is -2.51. The van der Waals surface area contributed by atoms with Crippen LogP contribution in [0.2, 0.25) is 0 Å². The molecule has 1 aliphatic carbocycles. The number of allylic oxidation sites excluding steroid dienone is 1. The lowest BCUT2D eigenvalue weighted by molar-refractivity contribution is -0.384. The summed E-state index contributed by atoms with van der Waals surface area (Å²) in [5.74, 6) is 0. The van der Waals surface area contributed by atoms with Crippen molar-refractivity contribution in [3.63, 3.8) is 0 Å². The van der Waals surface area contributed by atoms with Gasteiger partial charge in [-0.1, -0.05) is 52.3 Å². The quantitative estimate of drug-likeness (QED) is 0.185. The molecule has 228 valence electrons. The lowest BCUT2D eigenvalue weighted by atomic mass is 10.1. The van der Waals surface area contributed by atoms with Gasteiger partial charge in [0.15, 0.2) is 23.3 Å². The number of hydrogen-bond acceptors (Lipinski definition) is 10. The second kappa shape index (κ2) is 11.1. The molecule has 0 radical (unpaired) electrons. The van der Waals surface area contributed by atoms with Gasteiger partial charge in [0.25, 0.3) is 5.69 Å². The summed E-state index contributed by atoms with van der Waals surface area (Å²) in [6, 6.07) is 14.6. The molecule has 0 amide bonds. The lowest BCUT2D eigenvalue weighted by Gasteiger charge is -2.37. The molecule has 0 saturated carbocycles. The van der Waals surface area contributed by atoms with E-state index in [4.69, 9.17) is 0 Å². The Morgan fingerprint density at radius 1 is 0.744 bits per heavy atom. The van der Waals surface area contributed by atoms with Gasteiger partial charge in [0, 0.05) is 18.4 Å². The molecule has 16 heteroatoms. The van der Waals surface area contributed by atoms with Gasteiger partial charge in [0.05, 0.1) is 29.4 Å². The van der Waals surface area contributed by atoms with E-state index in [0.29, 0.717) is 6.26 Å². The highest BCUT2D eigenvalue weighted by Gasteiger charge is 2.59. The zero-order chi connectivity index (χ0) is 32.2. The van der Waals surface area contributed by atoms with Crippen LogP contribution in [0.25, 0.3) is 0 Å². The zero-order valence-electron chi connectivity index (χ0n) is 22.7. The molecule has 0 aliphatic heterocycles. The van der Waals surface area contributed by atoms with Crippen LogP contribution in [-0.4, -0.2) is 53.8 Å². The molecule has 0 N–H and O–H groups in total. The Labute approximate surface area is 257 Å². The van der Waals surface area contributed by atoms with E-state index in [0.717, 1.165) is 42.5 Å². The smallest absolute Gasteiger partial charge is 0.258 e. The van der Waals surface area contributed by atoms with Crippen LogP contribution in [0.5, 0.6) is 0 Å². The highest BCUT2D eigenvalue weighted by molar-refractivity contribution is 9.12. The van der Waals surface area contributed by atoms with Gasteiger partial charge in [-0.2, -0.15) is 0 Å². The van der Waals surface area contributed by atoms with Crippen LogP contribution in [0.3, 0.4) is 0 Å². The highest BCUT2D eigenvalue weighted by atomic mass is 79.9. The normalized spacial score (nSPS) is 19.8. The second-order valence-corrected chi connectivity index (χ2v) is 19.7.